The van der Waals surface area contributed by atoms with Crippen molar-refractivity contribution in [2.24, 2.45) is 17.8 Å². The Morgan fingerprint density at radius 3 is 2.31 bits per heavy atom. The van der Waals surface area contributed by atoms with Gasteiger partial charge < -0.3 is 10.2 Å². The van der Waals surface area contributed by atoms with Gasteiger partial charge in [-0.05, 0) is 12.3 Å². The highest BCUT2D eigenvalue weighted by Crippen LogP contribution is 2.30. The molecule has 0 aromatic carbocycles. The fourth-order valence-electron chi connectivity index (χ4n) is 1.72. The van der Waals surface area contributed by atoms with E-state index in [0.717, 1.165) is 0 Å². The molecule has 4 nitrogen and oxygen atoms in total. The number of carbonyl (C=O) groups is 2. The lowest BCUT2D eigenvalue weighted by Crippen LogP contribution is -2.35. The van der Waals surface area contributed by atoms with Gasteiger partial charge in [0.05, 0.1) is 11.8 Å². The fraction of sp³-hybridized carbons (Fsp3) is 0.556. The average Bonchev–Trinajstić information content (AvgIpc) is 2.02. The van der Waals surface area contributed by atoms with Crippen molar-refractivity contribution in [2.75, 3.05) is 0 Å². The lowest BCUT2D eigenvalue weighted by molar-refractivity contribution is -0.155. The molecule has 0 unspecified atom stereocenters. The Morgan fingerprint density at radius 2 is 1.92 bits per heavy atom. The molecule has 0 fully saturated rings. The van der Waals surface area contributed by atoms with E-state index in [1.54, 1.807) is 19.1 Å². The largest absolute Gasteiger partial charge is 0.481 e. The van der Waals surface area contributed by atoms with E-state index < -0.39 is 23.8 Å². The summed E-state index contributed by atoms with van der Waals surface area (Å²) >= 11 is 0. The molecule has 0 heterocycles. The molecule has 0 radical (unpaired) electrons. The van der Waals surface area contributed by atoms with Crippen LogP contribution in [0.1, 0.15) is 13.3 Å². The van der Waals surface area contributed by atoms with Gasteiger partial charge in [0.2, 0.25) is 0 Å². The van der Waals surface area contributed by atoms with Crippen LogP contribution in [0.2, 0.25) is 0 Å². The van der Waals surface area contributed by atoms with Gasteiger partial charge in [0.25, 0.3) is 0 Å². The van der Waals surface area contributed by atoms with Crippen molar-refractivity contribution < 1.29 is 19.8 Å². The van der Waals surface area contributed by atoms with Gasteiger partial charge in [-0.25, -0.2) is 0 Å². The first-order chi connectivity index (χ1) is 6.04. The van der Waals surface area contributed by atoms with Crippen LogP contribution >= 0.6 is 0 Å². The number of allylic oxidation sites excluding steroid dienone is 2. The first-order valence-electron chi connectivity index (χ1n) is 4.16. The van der Waals surface area contributed by atoms with E-state index >= 15 is 0 Å². The zero-order valence-electron chi connectivity index (χ0n) is 7.30. The van der Waals surface area contributed by atoms with Crippen molar-refractivity contribution in [1.82, 2.24) is 0 Å². The SMILES string of the molecule is C[C@@H]1C=CC[C@H](C(=O)O)[C@H]1C(=O)O. The predicted octanol–water partition coefficient (Wildman–Crippen LogP) is 0.984. The van der Waals surface area contributed by atoms with Crippen LogP contribution in [-0.4, -0.2) is 22.2 Å². The van der Waals surface area contributed by atoms with Gasteiger partial charge in [-0.3, -0.25) is 9.59 Å². The fourth-order valence-corrected chi connectivity index (χ4v) is 1.72. The van der Waals surface area contributed by atoms with Gasteiger partial charge in [-0.2, -0.15) is 0 Å². The van der Waals surface area contributed by atoms with Crippen LogP contribution in [0.4, 0.5) is 0 Å². The average molecular weight is 184 g/mol. The second kappa shape index (κ2) is 3.60. The van der Waals surface area contributed by atoms with E-state index in [1.807, 2.05) is 0 Å². The maximum absolute atomic E-state index is 10.8. The van der Waals surface area contributed by atoms with Gasteiger partial charge in [-0.1, -0.05) is 19.1 Å². The molecule has 0 bridgehead atoms. The maximum Gasteiger partial charge on any atom is 0.307 e. The summed E-state index contributed by atoms with van der Waals surface area (Å²) in [5.41, 5.74) is 0. The number of aliphatic carboxylic acids is 2. The molecule has 2 N–H and O–H groups in total. The van der Waals surface area contributed by atoms with Crippen molar-refractivity contribution >= 4 is 11.9 Å². The van der Waals surface area contributed by atoms with Gasteiger partial charge in [0.15, 0.2) is 0 Å². The van der Waals surface area contributed by atoms with E-state index in [-0.39, 0.29) is 5.92 Å². The topological polar surface area (TPSA) is 74.6 Å². The van der Waals surface area contributed by atoms with E-state index in [1.165, 1.54) is 0 Å². The van der Waals surface area contributed by atoms with Crippen LogP contribution in [0.25, 0.3) is 0 Å². The highest BCUT2D eigenvalue weighted by Gasteiger charge is 2.37. The predicted molar refractivity (Wildman–Crippen MR) is 45.2 cm³/mol. The molecular formula is C9H12O4. The minimum Gasteiger partial charge on any atom is -0.481 e. The second-order valence-corrected chi connectivity index (χ2v) is 3.33. The van der Waals surface area contributed by atoms with Crippen molar-refractivity contribution in [2.45, 2.75) is 13.3 Å². The molecule has 0 aromatic heterocycles. The number of hydrogen-bond donors (Lipinski definition) is 2. The third kappa shape index (κ3) is 1.88. The van der Waals surface area contributed by atoms with Gasteiger partial charge >= 0.3 is 11.9 Å². The highest BCUT2D eigenvalue weighted by atomic mass is 16.4. The van der Waals surface area contributed by atoms with Crippen molar-refractivity contribution in [3.8, 4) is 0 Å². The highest BCUT2D eigenvalue weighted by molar-refractivity contribution is 5.81. The molecule has 72 valence electrons. The molecule has 0 saturated carbocycles. The van der Waals surface area contributed by atoms with Gasteiger partial charge in [0, 0.05) is 0 Å². The maximum atomic E-state index is 10.8. The smallest absolute Gasteiger partial charge is 0.307 e. The Balaban J connectivity index is 2.89. The molecular weight excluding hydrogens is 172 g/mol. The number of hydrogen-bond acceptors (Lipinski definition) is 2. The summed E-state index contributed by atoms with van der Waals surface area (Å²) < 4.78 is 0. The first kappa shape index (κ1) is 9.77. The number of carboxylic acid groups (broad SMARTS) is 2. The van der Waals surface area contributed by atoms with Crippen LogP contribution in [0, 0.1) is 17.8 Å². The Hall–Kier alpha value is -1.32. The zero-order valence-corrected chi connectivity index (χ0v) is 7.30. The molecule has 0 aromatic rings. The normalized spacial score (nSPS) is 32.8. The third-order valence-corrected chi connectivity index (χ3v) is 2.43. The molecule has 0 amide bonds. The molecule has 0 saturated heterocycles. The Morgan fingerprint density at radius 1 is 1.31 bits per heavy atom. The van der Waals surface area contributed by atoms with Crippen LogP contribution in [0.5, 0.6) is 0 Å². The Kier molecular flexibility index (Phi) is 2.70. The summed E-state index contributed by atoms with van der Waals surface area (Å²) in [6.07, 6.45) is 3.82. The van der Waals surface area contributed by atoms with Crippen molar-refractivity contribution in [3.63, 3.8) is 0 Å². The minimum atomic E-state index is -1.02. The summed E-state index contributed by atoms with van der Waals surface area (Å²) in [5, 5.41) is 17.6. The van der Waals surface area contributed by atoms with Crippen molar-refractivity contribution in [1.29, 1.82) is 0 Å². The van der Waals surface area contributed by atoms with E-state index in [2.05, 4.69) is 0 Å². The molecule has 3 atom stereocenters. The first-order valence-corrected chi connectivity index (χ1v) is 4.16. The van der Waals surface area contributed by atoms with Crippen LogP contribution in [0.15, 0.2) is 12.2 Å². The van der Waals surface area contributed by atoms with Crippen LogP contribution in [-0.2, 0) is 9.59 Å². The molecule has 0 aliphatic heterocycles. The minimum absolute atomic E-state index is 0.202. The summed E-state index contributed by atoms with van der Waals surface area (Å²) in [7, 11) is 0. The molecule has 13 heavy (non-hydrogen) atoms. The summed E-state index contributed by atoms with van der Waals surface area (Å²) in [5.74, 6) is -3.82. The lowest BCUT2D eigenvalue weighted by Gasteiger charge is -2.26. The monoisotopic (exact) mass is 184 g/mol. The van der Waals surface area contributed by atoms with E-state index in [9.17, 15) is 9.59 Å². The summed E-state index contributed by atoms with van der Waals surface area (Å²) in [6, 6.07) is 0. The molecule has 0 spiro atoms. The summed E-state index contributed by atoms with van der Waals surface area (Å²) in [4.78, 5) is 21.5. The zero-order chi connectivity index (χ0) is 10.0. The van der Waals surface area contributed by atoms with Gasteiger partial charge in [-0.15, -0.1) is 0 Å². The van der Waals surface area contributed by atoms with Crippen molar-refractivity contribution in [3.05, 3.63) is 12.2 Å². The quantitative estimate of drug-likeness (QED) is 0.627. The molecule has 1 rings (SSSR count). The molecule has 1 aliphatic rings. The second-order valence-electron chi connectivity index (χ2n) is 3.33. The van der Waals surface area contributed by atoms with Gasteiger partial charge in [0.1, 0.15) is 0 Å². The standard InChI is InChI=1S/C9H12O4/c1-5-3-2-4-6(8(10)11)7(5)9(12)13/h2-3,5-7H,4H2,1H3,(H,10,11)(H,12,13)/t5-,6+,7+/m1/s1. The lowest BCUT2D eigenvalue weighted by atomic mass is 9.77. The Labute approximate surface area is 75.9 Å². The molecule has 4 heteroatoms. The van der Waals surface area contributed by atoms with Crippen LogP contribution in [0.3, 0.4) is 0 Å². The third-order valence-electron chi connectivity index (χ3n) is 2.43. The van der Waals surface area contributed by atoms with Crippen LogP contribution < -0.4 is 0 Å². The molecule has 1 aliphatic carbocycles. The van der Waals surface area contributed by atoms with E-state index in [4.69, 9.17) is 10.2 Å². The number of rotatable bonds is 2. The number of carboxylic acids is 2. The Bertz CT molecular complexity index is 256. The van der Waals surface area contributed by atoms with E-state index in [0.29, 0.717) is 6.42 Å². The summed E-state index contributed by atoms with van der Waals surface area (Å²) in [6.45, 7) is 1.73.